The summed E-state index contributed by atoms with van der Waals surface area (Å²) >= 11 is -1.86. The topological polar surface area (TPSA) is 25.8 Å². The summed E-state index contributed by atoms with van der Waals surface area (Å²) in [5.74, 6) is 13.9. The summed E-state index contributed by atoms with van der Waals surface area (Å²) in [5.41, 5.74) is 6.40. The van der Waals surface area contributed by atoms with Gasteiger partial charge in [-0.1, -0.05) is 0 Å². The quantitative estimate of drug-likeness (QED) is 0.127. The molecule has 3 heterocycles. The van der Waals surface area contributed by atoms with E-state index in [4.69, 9.17) is 1.37 Å². The van der Waals surface area contributed by atoms with Crippen molar-refractivity contribution in [3.05, 3.63) is 108 Å². The summed E-state index contributed by atoms with van der Waals surface area (Å²) in [7, 11) is 0. The van der Waals surface area contributed by atoms with Gasteiger partial charge in [0.25, 0.3) is 0 Å². The van der Waals surface area contributed by atoms with Crippen LogP contribution in [0.15, 0.2) is 85.2 Å². The van der Waals surface area contributed by atoms with Gasteiger partial charge in [-0.15, -0.1) is 0 Å². The van der Waals surface area contributed by atoms with E-state index in [0.717, 1.165) is 28.1 Å². The summed E-state index contributed by atoms with van der Waals surface area (Å²) < 4.78 is 14.1. The summed E-state index contributed by atoms with van der Waals surface area (Å²) in [5, 5.41) is 2.63. The van der Waals surface area contributed by atoms with Crippen molar-refractivity contribution in [3.8, 4) is 22.5 Å². The number of pyridine rings is 2. The van der Waals surface area contributed by atoms with Gasteiger partial charge in [0.1, 0.15) is 0 Å². The summed E-state index contributed by atoms with van der Waals surface area (Å²) in [6.45, 7) is 6.02. The van der Waals surface area contributed by atoms with E-state index in [1.807, 2.05) is 67.8 Å². The van der Waals surface area contributed by atoms with Crippen LogP contribution in [0.4, 0.5) is 0 Å². The molecular formula is C38H42Ge2IrN2S-2. The molecule has 44 heavy (non-hydrogen) atoms. The Bertz CT molecular complexity index is 1930. The predicted octanol–water partition coefficient (Wildman–Crippen LogP) is 9.99. The number of aromatic nitrogens is 2. The monoisotopic (exact) mass is 900 g/mol. The molecule has 0 N–H and O–H groups in total. The summed E-state index contributed by atoms with van der Waals surface area (Å²) in [6, 6.07) is 31.8. The van der Waals surface area contributed by atoms with Gasteiger partial charge >= 0.3 is 270 Å². The first kappa shape index (κ1) is 33.3. The minimum absolute atomic E-state index is 0. The third-order valence-corrected chi connectivity index (χ3v) is 18.2. The van der Waals surface area contributed by atoms with E-state index >= 15 is 0 Å². The molecule has 1 radical (unpaired) electrons. The Labute approximate surface area is 288 Å². The van der Waals surface area contributed by atoms with Crippen molar-refractivity contribution >= 4 is 66.8 Å². The van der Waals surface area contributed by atoms with Gasteiger partial charge in [-0.3, -0.25) is 0 Å². The van der Waals surface area contributed by atoms with Crippen LogP contribution in [-0.2, 0) is 20.1 Å². The first-order valence-corrected chi connectivity index (χ1v) is 30.4. The fourth-order valence-corrected chi connectivity index (χ4v) is 15.1. The molecule has 6 aromatic rings. The zero-order valence-electron chi connectivity index (χ0n) is 28.2. The minimum Gasteiger partial charge on any atom is 0 e. The molecule has 0 aliphatic heterocycles. The van der Waals surface area contributed by atoms with Crippen LogP contribution in [0.3, 0.4) is 0 Å². The Kier molecular flexibility index (Phi) is 10.7. The van der Waals surface area contributed by atoms with Crippen LogP contribution in [0.1, 0.15) is 32.2 Å². The van der Waals surface area contributed by atoms with Crippen LogP contribution < -0.4 is 8.79 Å². The maximum Gasteiger partial charge on any atom is 0 e. The summed E-state index contributed by atoms with van der Waals surface area (Å²) in [4.78, 5) is 9.21. The molecule has 0 saturated heterocycles. The average molecular weight is 897 g/mol. The maximum absolute atomic E-state index is 8.35. The number of aryl methyl sites for hydroxylation is 1. The van der Waals surface area contributed by atoms with Crippen molar-refractivity contribution in [2.75, 3.05) is 0 Å². The molecule has 6 rings (SSSR count). The Balaban J connectivity index is 0.000000222. The SMILES string of the molecule is Cc1cc(-c2[c-]cccc2)nc[c]1[Ge]([CH3])([CH3])[CH3].[2H]C(C)(C)c1ccnc(-c2[c-]ccc3c2sc2[c]([Ge]([CH3])([CH3])[CH3])cccc23)c1.[Ir]. The number of thiophene rings is 1. The van der Waals surface area contributed by atoms with Crippen LogP contribution >= 0.6 is 11.3 Å². The average Bonchev–Trinajstić information content (AvgIpc) is 3.35. The van der Waals surface area contributed by atoms with E-state index in [1.165, 1.54) is 30.1 Å². The van der Waals surface area contributed by atoms with Crippen molar-refractivity contribution in [2.45, 2.75) is 61.2 Å². The van der Waals surface area contributed by atoms with Crippen molar-refractivity contribution in [1.29, 1.82) is 0 Å². The van der Waals surface area contributed by atoms with Crippen LogP contribution in [0, 0.1) is 19.1 Å². The van der Waals surface area contributed by atoms with Gasteiger partial charge in [-0.05, 0) is 0 Å². The van der Waals surface area contributed by atoms with Gasteiger partial charge < -0.3 is 0 Å². The smallest absolute Gasteiger partial charge is 0 e. The van der Waals surface area contributed by atoms with E-state index in [1.54, 1.807) is 4.40 Å². The van der Waals surface area contributed by atoms with E-state index in [9.17, 15) is 0 Å². The molecule has 0 aliphatic rings. The van der Waals surface area contributed by atoms with Gasteiger partial charge in [-0.25, -0.2) is 0 Å². The van der Waals surface area contributed by atoms with Crippen molar-refractivity contribution < 1.29 is 21.5 Å². The number of fused-ring (bicyclic) bond motifs is 3. The second kappa shape index (κ2) is 14.1. The molecule has 0 amide bonds. The second-order valence-electron chi connectivity index (χ2n) is 13.5. The first-order valence-electron chi connectivity index (χ1n) is 15.4. The van der Waals surface area contributed by atoms with Crippen LogP contribution in [0.25, 0.3) is 42.7 Å². The fraction of sp³-hybridized carbons (Fsp3) is 0.263. The molecule has 3 aromatic heterocycles. The van der Waals surface area contributed by atoms with E-state index in [0.29, 0.717) is 0 Å². The molecule has 0 bridgehead atoms. The summed E-state index contributed by atoms with van der Waals surface area (Å²) in [6.07, 6.45) is 3.89. The Morgan fingerprint density at radius 3 is 2.11 bits per heavy atom. The van der Waals surface area contributed by atoms with Gasteiger partial charge in [0.05, 0.1) is 0 Å². The van der Waals surface area contributed by atoms with Gasteiger partial charge in [0.2, 0.25) is 0 Å². The molecule has 0 atom stereocenters. The van der Waals surface area contributed by atoms with Gasteiger partial charge in [-0.2, -0.15) is 0 Å². The van der Waals surface area contributed by atoms with Gasteiger partial charge in [0, 0.05) is 20.1 Å². The molecule has 0 unspecified atom stereocenters. The molecule has 3 aromatic carbocycles. The van der Waals surface area contributed by atoms with Crippen LogP contribution in [-0.4, -0.2) is 36.5 Å². The molecular weight excluding hydrogens is 854 g/mol. The molecule has 0 spiro atoms. The maximum atomic E-state index is 8.35. The molecule has 6 heteroatoms. The second-order valence-corrected chi connectivity index (χ2v) is 35.6. The number of hydrogen-bond donors (Lipinski definition) is 0. The van der Waals surface area contributed by atoms with Gasteiger partial charge in [0.15, 0.2) is 0 Å². The number of rotatable bonds is 5. The third-order valence-electron chi connectivity index (χ3n) is 7.76. The largest absolute Gasteiger partial charge is 0 e. The molecule has 2 nitrogen and oxygen atoms in total. The Hall–Kier alpha value is -2.08. The molecule has 229 valence electrons. The van der Waals surface area contributed by atoms with Crippen molar-refractivity contribution in [1.82, 2.24) is 9.97 Å². The molecule has 0 saturated carbocycles. The predicted molar refractivity (Wildman–Crippen MR) is 195 cm³/mol. The number of hydrogen-bond acceptors (Lipinski definition) is 3. The number of nitrogens with zero attached hydrogens (tertiary/aromatic N) is 2. The molecule has 0 fully saturated rings. The normalized spacial score (nSPS) is 12.3. The van der Waals surface area contributed by atoms with E-state index < -0.39 is 32.4 Å². The zero-order chi connectivity index (χ0) is 31.9. The van der Waals surface area contributed by atoms with Crippen molar-refractivity contribution in [3.63, 3.8) is 0 Å². The standard InChI is InChI=1S/C23H24GeNS.C15H18GeN.Ir/c1-15(2)16-12-13-25-21(14-16)19-10-6-8-17-18-9-7-11-20(24(3,4)5)23(18)26-22(17)19;1-12-10-15(13-8-6-5-7-9-13)17-11-14(12)16(2,3)4;/h6-9,11-15H,1-5H3;5-8,10-11H,1-4H3;/q2*-1;/i15D;;. The zero-order valence-corrected chi connectivity index (χ0v) is 34.6. The van der Waals surface area contributed by atoms with E-state index in [2.05, 4.69) is 106 Å². The number of benzene rings is 3. The fourth-order valence-electron chi connectivity index (χ4n) is 5.46. The minimum atomic E-state index is -1.97. The van der Waals surface area contributed by atoms with Crippen molar-refractivity contribution in [2.24, 2.45) is 0 Å². The Morgan fingerprint density at radius 1 is 0.750 bits per heavy atom. The first-order chi connectivity index (χ1) is 20.6. The Morgan fingerprint density at radius 2 is 1.48 bits per heavy atom. The molecule has 0 aliphatic carbocycles. The van der Waals surface area contributed by atoms with Crippen LogP contribution in [0.2, 0.25) is 34.5 Å². The third kappa shape index (κ3) is 7.65. The van der Waals surface area contributed by atoms with E-state index in [-0.39, 0.29) is 20.1 Å². The van der Waals surface area contributed by atoms with Crippen LogP contribution in [0.5, 0.6) is 0 Å².